The molecule has 1 fully saturated rings. The zero-order valence-corrected chi connectivity index (χ0v) is 14.5. The lowest BCUT2D eigenvalue weighted by atomic mass is 10.0. The summed E-state index contributed by atoms with van der Waals surface area (Å²) in [7, 11) is 0. The van der Waals surface area contributed by atoms with Crippen molar-refractivity contribution in [3.05, 3.63) is 63.9 Å². The number of rotatable bonds is 3. The van der Waals surface area contributed by atoms with Crippen molar-refractivity contribution in [3.8, 4) is 11.5 Å². The first-order chi connectivity index (χ1) is 12.1. The highest BCUT2D eigenvalue weighted by Crippen LogP contribution is 2.39. The van der Waals surface area contributed by atoms with Gasteiger partial charge in [0.2, 0.25) is 5.78 Å². The summed E-state index contributed by atoms with van der Waals surface area (Å²) in [6, 6.07) is 10.5. The van der Waals surface area contributed by atoms with Crippen molar-refractivity contribution in [1.29, 1.82) is 0 Å². The molecule has 0 atom stereocenters. The van der Waals surface area contributed by atoms with E-state index in [1.165, 1.54) is 17.7 Å². The van der Waals surface area contributed by atoms with Gasteiger partial charge in [0.15, 0.2) is 11.5 Å². The number of aromatic hydroxyl groups is 1. The van der Waals surface area contributed by atoms with Crippen LogP contribution < -0.4 is 9.64 Å². The molecule has 2 aromatic carbocycles. The molecule has 2 aromatic rings. The molecule has 4 nitrogen and oxygen atoms in total. The van der Waals surface area contributed by atoms with Crippen LogP contribution in [0.1, 0.15) is 34.3 Å². The Morgan fingerprint density at radius 1 is 1.20 bits per heavy atom. The van der Waals surface area contributed by atoms with Crippen LogP contribution in [0.4, 0.5) is 0 Å². The van der Waals surface area contributed by atoms with Crippen LogP contribution in [0.2, 0.25) is 5.02 Å². The molecule has 25 heavy (non-hydrogen) atoms. The topological polar surface area (TPSA) is 51.0 Å². The fourth-order valence-electron chi connectivity index (χ4n) is 3.52. The lowest BCUT2D eigenvalue weighted by Crippen LogP contribution is -3.08. The number of quaternary nitrogens is 1. The van der Waals surface area contributed by atoms with Crippen molar-refractivity contribution in [1.82, 2.24) is 0 Å². The Balaban J connectivity index is 1.68. The summed E-state index contributed by atoms with van der Waals surface area (Å²) < 4.78 is 5.88. The average molecular weight is 357 g/mol. The van der Waals surface area contributed by atoms with Crippen LogP contribution in [-0.4, -0.2) is 24.0 Å². The number of carbonyl (C=O) groups is 1. The molecular formula is C20H19ClNO3+. The van der Waals surface area contributed by atoms with E-state index >= 15 is 0 Å². The second-order valence-electron chi connectivity index (χ2n) is 6.57. The van der Waals surface area contributed by atoms with Crippen molar-refractivity contribution in [2.24, 2.45) is 0 Å². The zero-order chi connectivity index (χ0) is 17.4. The average Bonchev–Trinajstić information content (AvgIpc) is 3.20. The number of hydrogen-bond donors (Lipinski definition) is 2. The first-order valence-corrected chi connectivity index (χ1v) is 8.88. The van der Waals surface area contributed by atoms with Gasteiger partial charge in [-0.3, -0.25) is 4.79 Å². The van der Waals surface area contributed by atoms with E-state index < -0.39 is 0 Å². The summed E-state index contributed by atoms with van der Waals surface area (Å²) in [6.45, 7) is 2.84. The predicted octanol–water partition coefficient (Wildman–Crippen LogP) is 2.84. The van der Waals surface area contributed by atoms with E-state index in [0.717, 1.165) is 24.2 Å². The third-order valence-corrected chi connectivity index (χ3v) is 5.04. The van der Waals surface area contributed by atoms with E-state index in [-0.39, 0.29) is 17.3 Å². The number of ether oxygens (including phenoxy) is 1. The molecular weight excluding hydrogens is 338 g/mol. The molecule has 0 unspecified atom stereocenters. The van der Waals surface area contributed by atoms with E-state index in [0.29, 0.717) is 22.9 Å². The molecule has 0 aromatic heterocycles. The number of halogens is 1. The fraction of sp³-hybridized carbons (Fsp3) is 0.250. The molecule has 0 spiro atoms. The first kappa shape index (κ1) is 16.2. The number of nitrogens with one attached hydrogen (secondary N) is 1. The molecule has 2 aliphatic heterocycles. The first-order valence-electron chi connectivity index (χ1n) is 8.50. The molecule has 0 radical (unpaired) electrons. The maximum atomic E-state index is 12.7. The summed E-state index contributed by atoms with van der Waals surface area (Å²) in [5, 5.41) is 10.9. The summed E-state index contributed by atoms with van der Waals surface area (Å²) in [6.07, 6.45) is 4.09. The predicted molar refractivity (Wildman–Crippen MR) is 96.1 cm³/mol. The molecule has 2 heterocycles. The molecule has 0 saturated carbocycles. The van der Waals surface area contributed by atoms with Crippen LogP contribution in [0.5, 0.6) is 11.5 Å². The molecule has 2 aliphatic rings. The van der Waals surface area contributed by atoms with Crippen molar-refractivity contribution < 1.29 is 19.5 Å². The SMILES string of the molecule is O=C1/C(=C/c2cccc(Cl)c2)Oc2c1ccc(O)c2C[NH+]1CCCC1. The molecule has 2 N–H and O–H groups in total. The highest BCUT2D eigenvalue weighted by atomic mass is 35.5. The standard InChI is InChI=1S/C20H18ClNO3/c21-14-5-3-4-13(10-14)11-18-19(24)15-6-7-17(23)16(20(15)25-18)12-22-8-1-2-9-22/h3-7,10-11,23H,1-2,8-9,12H2/p+1/b18-11-. The fourth-order valence-corrected chi connectivity index (χ4v) is 3.72. The maximum Gasteiger partial charge on any atom is 0.231 e. The highest BCUT2D eigenvalue weighted by molar-refractivity contribution is 6.30. The van der Waals surface area contributed by atoms with Crippen molar-refractivity contribution in [3.63, 3.8) is 0 Å². The molecule has 4 rings (SSSR count). The number of carbonyl (C=O) groups excluding carboxylic acids is 1. The zero-order valence-electron chi connectivity index (χ0n) is 13.7. The number of Topliss-reactive ketones (excluding diaryl/α,β-unsaturated/α-hetero) is 1. The van der Waals surface area contributed by atoms with Crippen molar-refractivity contribution >= 4 is 23.5 Å². The Morgan fingerprint density at radius 2 is 2.00 bits per heavy atom. The number of hydrogen-bond acceptors (Lipinski definition) is 3. The number of phenols is 1. The Labute approximate surface area is 151 Å². The largest absolute Gasteiger partial charge is 0.507 e. The van der Waals surface area contributed by atoms with Crippen LogP contribution >= 0.6 is 11.6 Å². The quantitative estimate of drug-likeness (QED) is 0.831. The van der Waals surface area contributed by atoms with E-state index in [1.807, 2.05) is 12.1 Å². The van der Waals surface area contributed by atoms with E-state index in [4.69, 9.17) is 16.3 Å². The maximum absolute atomic E-state index is 12.7. The van der Waals surface area contributed by atoms with E-state index in [1.54, 1.807) is 30.3 Å². The highest BCUT2D eigenvalue weighted by Gasteiger charge is 2.32. The Kier molecular flexibility index (Phi) is 4.24. The molecule has 128 valence electrons. The van der Waals surface area contributed by atoms with Crippen LogP contribution in [-0.2, 0) is 6.54 Å². The lowest BCUT2D eigenvalue weighted by Gasteiger charge is -2.15. The minimum atomic E-state index is -0.160. The summed E-state index contributed by atoms with van der Waals surface area (Å²) in [4.78, 5) is 14.1. The monoisotopic (exact) mass is 356 g/mol. The van der Waals surface area contributed by atoms with Gasteiger partial charge in [0.1, 0.15) is 12.3 Å². The molecule has 5 heteroatoms. The molecule has 0 aliphatic carbocycles. The van der Waals surface area contributed by atoms with Crippen molar-refractivity contribution in [2.75, 3.05) is 13.1 Å². The number of benzene rings is 2. The Bertz CT molecular complexity index is 869. The van der Waals surface area contributed by atoms with Crippen LogP contribution in [0.25, 0.3) is 6.08 Å². The second kappa shape index (κ2) is 6.54. The third kappa shape index (κ3) is 3.15. The smallest absolute Gasteiger partial charge is 0.231 e. The molecule has 1 saturated heterocycles. The van der Waals surface area contributed by atoms with Crippen LogP contribution in [0.3, 0.4) is 0 Å². The van der Waals surface area contributed by atoms with Gasteiger partial charge in [-0.25, -0.2) is 0 Å². The summed E-state index contributed by atoms with van der Waals surface area (Å²) >= 11 is 6.01. The number of likely N-dealkylation sites (tertiary alicyclic amines) is 1. The Morgan fingerprint density at radius 3 is 2.76 bits per heavy atom. The molecule has 0 amide bonds. The van der Waals surface area contributed by atoms with Gasteiger partial charge in [0.25, 0.3) is 0 Å². The van der Waals surface area contributed by atoms with Gasteiger partial charge >= 0.3 is 0 Å². The minimum Gasteiger partial charge on any atom is -0.507 e. The summed E-state index contributed by atoms with van der Waals surface area (Å²) in [5.74, 6) is 0.792. The van der Waals surface area contributed by atoms with Crippen LogP contribution in [0, 0.1) is 0 Å². The second-order valence-corrected chi connectivity index (χ2v) is 7.01. The van der Waals surface area contributed by atoms with E-state index in [2.05, 4.69) is 0 Å². The van der Waals surface area contributed by atoms with E-state index in [9.17, 15) is 9.90 Å². The number of ketones is 1. The third-order valence-electron chi connectivity index (χ3n) is 4.80. The van der Waals surface area contributed by atoms with Gasteiger partial charge in [-0.15, -0.1) is 0 Å². The lowest BCUT2D eigenvalue weighted by molar-refractivity contribution is -0.901. The molecule has 0 bridgehead atoms. The normalized spacial score (nSPS) is 18.6. The van der Waals surface area contributed by atoms with Gasteiger partial charge in [-0.1, -0.05) is 23.7 Å². The van der Waals surface area contributed by atoms with Crippen LogP contribution in [0.15, 0.2) is 42.2 Å². The van der Waals surface area contributed by atoms with Gasteiger partial charge in [-0.2, -0.15) is 0 Å². The number of fused-ring (bicyclic) bond motifs is 1. The van der Waals surface area contributed by atoms with Gasteiger partial charge in [0.05, 0.1) is 24.2 Å². The Hall–Kier alpha value is -2.30. The van der Waals surface area contributed by atoms with Gasteiger partial charge < -0.3 is 14.7 Å². The van der Waals surface area contributed by atoms with Crippen molar-refractivity contribution in [2.45, 2.75) is 19.4 Å². The number of allylic oxidation sites excluding steroid dienone is 1. The van der Waals surface area contributed by atoms with Gasteiger partial charge in [-0.05, 0) is 35.9 Å². The number of phenolic OH excluding ortho intramolecular Hbond substituents is 1. The van der Waals surface area contributed by atoms with Gasteiger partial charge in [0, 0.05) is 17.9 Å². The summed E-state index contributed by atoms with van der Waals surface area (Å²) in [5.41, 5.74) is 2.04. The minimum absolute atomic E-state index is 0.160.